The van der Waals surface area contributed by atoms with Gasteiger partial charge in [0.25, 0.3) is 5.91 Å². The molecule has 1 aliphatic heterocycles. The van der Waals surface area contributed by atoms with Gasteiger partial charge in [-0.3, -0.25) is 4.79 Å². The standard InChI is InChI=1S/C13H14ClNO5/c14-7-1-3-9(10(16)5-7)12(17)15-6-8-2-4-11(20-8)13(18)19/h1,3,5,8,11,16H,2,4,6H2,(H,15,17)(H,18,19). The predicted molar refractivity (Wildman–Crippen MR) is 71.0 cm³/mol. The third-order valence-corrected chi connectivity index (χ3v) is 3.31. The third kappa shape index (κ3) is 3.40. The number of hydrogen-bond donors (Lipinski definition) is 3. The van der Waals surface area contributed by atoms with Gasteiger partial charge in [0.2, 0.25) is 0 Å². The Morgan fingerprint density at radius 1 is 1.40 bits per heavy atom. The lowest BCUT2D eigenvalue weighted by atomic mass is 10.1. The average molecular weight is 300 g/mol. The van der Waals surface area contributed by atoms with Crippen LogP contribution in [0.4, 0.5) is 0 Å². The number of hydrogen-bond acceptors (Lipinski definition) is 4. The molecule has 1 fully saturated rings. The van der Waals surface area contributed by atoms with E-state index in [1.54, 1.807) is 0 Å². The van der Waals surface area contributed by atoms with E-state index in [1.807, 2.05) is 0 Å². The van der Waals surface area contributed by atoms with Crippen LogP contribution in [0, 0.1) is 0 Å². The number of amides is 1. The first-order valence-corrected chi connectivity index (χ1v) is 6.50. The van der Waals surface area contributed by atoms with Crippen LogP contribution in [0.5, 0.6) is 5.75 Å². The van der Waals surface area contributed by atoms with Gasteiger partial charge >= 0.3 is 5.97 Å². The fourth-order valence-corrected chi connectivity index (χ4v) is 2.20. The van der Waals surface area contributed by atoms with Gasteiger partial charge in [-0.2, -0.15) is 0 Å². The van der Waals surface area contributed by atoms with Crippen LogP contribution in [0.25, 0.3) is 0 Å². The summed E-state index contributed by atoms with van der Waals surface area (Å²) in [6, 6.07) is 4.20. The van der Waals surface area contributed by atoms with Crippen molar-refractivity contribution in [3.8, 4) is 5.75 Å². The second-order valence-electron chi connectivity index (χ2n) is 4.53. The van der Waals surface area contributed by atoms with Crippen molar-refractivity contribution in [2.24, 2.45) is 0 Å². The monoisotopic (exact) mass is 299 g/mol. The van der Waals surface area contributed by atoms with Crippen LogP contribution in [-0.4, -0.2) is 40.8 Å². The fourth-order valence-electron chi connectivity index (χ4n) is 2.04. The van der Waals surface area contributed by atoms with E-state index in [-0.39, 0.29) is 24.0 Å². The van der Waals surface area contributed by atoms with Gasteiger partial charge < -0.3 is 20.3 Å². The molecule has 0 aliphatic carbocycles. The third-order valence-electron chi connectivity index (χ3n) is 3.08. The minimum absolute atomic E-state index is 0.113. The van der Waals surface area contributed by atoms with Crippen LogP contribution >= 0.6 is 11.6 Å². The SMILES string of the molecule is O=C(NCC1CCC(C(=O)O)O1)c1ccc(Cl)cc1O. The summed E-state index contributed by atoms with van der Waals surface area (Å²) < 4.78 is 5.26. The minimum Gasteiger partial charge on any atom is -0.507 e. The number of nitrogens with one attached hydrogen (secondary N) is 1. The van der Waals surface area contributed by atoms with Crippen molar-refractivity contribution in [1.29, 1.82) is 0 Å². The summed E-state index contributed by atoms with van der Waals surface area (Å²) >= 11 is 5.68. The van der Waals surface area contributed by atoms with E-state index in [9.17, 15) is 14.7 Å². The zero-order valence-corrected chi connectivity index (χ0v) is 11.3. The van der Waals surface area contributed by atoms with Gasteiger partial charge in [0.1, 0.15) is 5.75 Å². The molecule has 0 aromatic heterocycles. The van der Waals surface area contributed by atoms with Gasteiger partial charge in [-0.15, -0.1) is 0 Å². The van der Waals surface area contributed by atoms with E-state index in [0.29, 0.717) is 17.9 Å². The van der Waals surface area contributed by atoms with Gasteiger partial charge in [0.05, 0.1) is 11.7 Å². The van der Waals surface area contributed by atoms with E-state index < -0.39 is 18.0 Å². The number of benzene rings is 1. The Kier molecular flexibility index (Phi) is 4.46. The molecule has 3 N–H and O–H groups in total. The largest absolute Gasteiger partial charge is 0.507 e. The number of phenols is 1. The van der Waals surface area contributed by atoms with E-state index in [0.717, 1.165) is 0 Å². The zero-order valence-electron chi connectivity index (χ0n) is 10.5. The van der Waals surface area contributed by atoms with Crippen LogP contribution < -0.4 is 5.32 Å². The number of phenolic OH excluding ortho intramolecular Hbond substituents is 1. The fraction of sp³-hybridized carbons (Fsp3) is 0.385. The Labute approximate surface area is 120 Å². The summed E-state index contributed by atoms with van der Waals surface area (Å²) in [7, 11) is 0. The molecule has 6 nitrogen and oxygen atoms in total. The maximum absolute atomic E-state index is 11.9. The van der Waals surface area contributed by atoms with Crippen LogP contribution in [0.15, 0.2) is 18.2 Å². The van der Waals surface area contributed by atoms with Crippen molar-refractivity contribution < 1.29 is 24.5 Å². The lowest BCUT2D eigenvalue weighted by molar-refractivity contribution is -0.149. The summed E-state index contributed by atoms with van der Waals surface area (Å²) in [5, 5.41) is 21.3. The van der Waals surface area contributed by atoms with Crippen molar-refractivity contribution >= 4 is 23.5 Å². The number of carbonyl (C=O) groups excluding carboxylic acids is 1. The molecule has 20 heavy (non-hydrogen) atoms. The maximum Gasteiger partial charge on any atom is 0.332 e. The van der Waals surface area contributed by atoms with Crippen molar-refractivity contribution in [2.75, 3.05) is 6.54 Å². The number of carboxylic acids is 1. The summed E-state index contributed by atoms with van der Waals surface area (Å²) in [5.74, 6) is -1.65. The van der Waals surface area contributed by atoms with Gasteiger partial charge in [0, 0.05) is 11.6 Å². The Balaban J connectivity index is 1.88. The van der Waals surface area contributed by atoms with Crippen molar-refractivity contribution in [1.82, 2.24) is 5.32 Å². The van der Waals surface area contributed by atoms with E-state index in [4.69, 9.17) is 21.4 Å². The van der Waals surface area contributed by atoms with Crippen LogP contribution in [0.1, 0.15) is 23.2 Å². The molecule has 2 rings (SSSR count). The first kappa shape index (κ1) is 14.6. The first-order chi connectivity index (χ1) is 9.47. The molecule has 0 radical (unpaired) electrons. The van der Waals surface area contributed by atoms with Gasteiger partial charge in [-0.1, -0.05) is 11.6 Å². The number of halogens is 1. The van der Waals surface area contributed by atoms with Crippen molar-refractivity contribution in [2.45, 2.75) is 25.0 Å². The molecule has 0 bridgehead atoms. The lowest BCUT2D eigenvalue weighted by Crippen LogP contribution is -2.33. The molecule has 1 aromatic carbocycles. The highest BCUT2D eigenvalue weighted by Crippen LogP contribution is 2.22. The smallest absolute Gasteiger partial charge is 0.332 e. The molecular weight excluding hydrogens is 286 g/mol. The number of carbonyl (C=O) groups is 2. The second-order valence-corrected chi connectivity index (χ2v) is 4.97. The number of rotatable bonds is 4. The van der Waals surface area contributed by atoms with Crippen LogP contribution in [0.2, 0.25) is 5.02 Å². The second kappa shape index (κ2) is 6.11. The predicted octanol–water partition coefficient (Wildman–Crippen LogP) is 1.41. The highest BCUT2D eigenvalue weighted by molar-refractivity contribution is 6.30. The molecular formula is C13H14ClNO5. The van der Waals surface area contributed by atoms with Gasteiger partial charge in [-0.25, -0.2) is 4.79 Å². The molecule has 0 spiro atoms. The summed E-state index contributed by atoms with van der Waals surface area (Å²) in [6.07, 6.45) is -0.123. The Hall–Kier alpha value is -1.79. The number of carboxylic acid groups (broad SMARTS) is 1. The molecule has 1 amide bonds. The Morgan fingerprint density at radius 2 is 2.15 bits per heavy atom. The average Bonchev–Trinajstić information content (AvgIpc) is 2.85. The molecule has 1 aromatic rings. The highest BCUT2D eigenvalue weighted by Gasteiger charge is 2.30. The van der Waals surface area contributed by atoms with E-state index in [1.165, 1.54) is 18.2 Å². The van der Waals surface area contributed by atoms with Crippen LogP contribution in [0.3, 0.4) is 0 Å². The van der Waals surface area contributed by atoms with E-state index in [2.05, 4.69) is 5.32 Å². The topological polar surface area (TPSA) is 95.9 Å². The molecule has 1 heterocycles. The van der Waals surface area contributed by atoms with E-state index >= 15 is 0 Å². The van der Waals surface area contributed by atoms with Crippen molar-refractivity contribution in [3.63, 3.8) is 0 Å². The normalized spacial score (nSPS) is 21.6. The molecule has 0 saturated carbocycles. The molecule has 2 unspecified atom stereocenters. The number of aliphatic carboxylic acids is 1. The minimum atomic E-state index is -0.992. The summed E-state index contributed by atoms with van der Waals surface area (Å²) in [4.78, 5) is 22.6. The van der Waals surface area contributed by atoms with Gasteiger partial charge in [-0.05, 0) is 31.0 Å². The van der Waals surface area contributed by atoms with Crippen molar-refractivity contribution in [3.05, 3.63) is 28.8 Å². The molecule has 1 saturated heterocycles. The molecule has 1 aliphatic rings. The maximum atomic E-state index is 11.9. The quantitative estimate of drug-likeness (QED) is 0.781. The van der Waals surface area contributed by atoms with Gasteiger partial charge in [0.15, 0.2) is 6.10 Å². The van der Waals surface area contributed by atoms with Crippen LogP contribution in [-0.2, 0) is 9.53 Å². The number of aromatic hydroxyl groups is 1. The Bertz CT molecular complexity index is 533. The highest BCUT2D eigenvalue weighted by atomic mass is 35.5. The summed E-state index contributed by atoms with van der Waals surface area (Å²) in [6.45, 7) is 0.199. The summed E-state index contributed by atoms with van der Waals surface area (Å²) in [5.41, 5.74) is 0.113. The first-order valence-electron chi connectivity index (χ1n) is 6.12. The molecule has 108 valence electrons. The number of ether oxygens (including phenoxy) is 1. The molecule has 2 atom stereocenters. The Morgan fingerprint density at radius 3 is 2.75 bits per heavy atom. The molecule has 7 heteroatoms. The zero-order chi connectivity index (χ0) is 14.7. The lowest BCUT2D eigenvalue weighted by Gasteiger charge is -2.12.